The first kappa shape index (κ1) is 17.3. The standard InChI is InChI=1S/C15H18N2O5S/c1-3-6-16-15(18)13-11-12(4-5-14(13)21-2)23(19,20)17-7-9-22-10-8-17/h1,4-5,11H,6-10H2,2H3,(H,16,18). The molecular weight excluding hydrogens is 320 g/mol. The lowest BCUT2D eigenvalue weighted by molar-refractivity contribution is 0.0730. The minimum atomic E-state index is -3.69. The van der Waals surface area contributed by atoms with Crippen LogP contribution in [0.2, 0.25) is 0 Å². The van der Waals surface area contributed by atoms with Crippen molar-refractivity contribution >= 4 is 15.9 Å². The predicted octanol–water partition coefficient (Wildman–Crippen LogP) is 0.0791. The lowest BCUT2D eigenvalue weighted by Gasteiger charge is -2.26. The number of hydrogen-bond acceptors (Lipinski definition) is 5. The van der Waals surface area contributed by atoms with E-state index in [1.807, 2.05) is 0 Å². The predicted molar refractivity (Wildman–Crippen MR) is 83.7 cm³/mol. The maximum Gasteiger partial charge on any atom is 0.255 e. The Hall–Kier alpha value is -2.08. The normalized spacial score (nSPS) is 15.7. The molecule has 0 spiro atoms. The van der Waals surface area contributed by atoms with E-state index in [2.05, 4.69) is 11.2 Å². The topological polar surface area (TPSA) is 84.9 Å². The Balaban J connectivity index is 2.36. The summed E-state index contributed by atoms with van der Waals surface area (Å²) >= 11 is 0. The minimum absolute atomic E-state index is 0.0334. The van der Waals surface area contributed by atoms with Crippen molar-refractivity contribution in [3.8, 4) is 18.1 Å². The summed E-state index contributed by atoms with van der Waals surface area (Å²) in [6, 6.07) is 4.18. The molecule has 0 radical (unpaired) electrons. The number of sulfonamides is 1. The van der Waals surface area contributed by atoms with E-state index in [9.17, 15) is 13.2 Å². The van der Waals surface area contributed by atoms with Crippen molar-refractivity contribution < 1.29 is 22.7 Å². The maximum atomic E-state index is 12.6. The molecule has 0 saturated carbocycles. The average Bonchev–Trinajstić information content (AvgIpc) is 2.59. The third-order valence-electron chi connectivity index (χ3n) is 3.37. The molecule has 2 rings (SSSR count). The summed E-state index contributed by atoms with van der Waals surface area (Å²) in [6.45, 7) is 1.32. The number of nitrogens with one attached hydrogen (secondary N) is 1. The van der Waals surface area contributed by atoms with Crippen molar-refractivity contribution in [2.24, 2.45) is 0 Å². The van der Waals surface area contributed by atoms with Crippen LogP contribution in [0.4, 0.5) is 0 Å². The number of carbonyl (C=O) groups excluding carboxylic acids is 1. The van der Waals surface area contributed by atoms with E-state index in [0.717, 1.165) is 0 Å². The highest BCUT2D eigenvalue weighted by atomic mass is 32.2. The van der Waals surface area contributed by atoms with Gasteiger partial charge in [-0.1, -0.05) is 5.92 Å². The van der Waals surface area contributed by atoms with E-state index in [-0.39, 0.29) is 35.8 Å². The number of hydrogen-bond donors (Lipinski definition) is 1. The summed E-state index contributed by atoms with van der Waals surface area (Å²) < 4.78 is 36.9. The number of nitrogens with zero attached hydrogens (tertiary/aromatic N) is 1. The molecule has 0 unspecified atom stereocenters. The Morgan fingerprint density at radius 2 is 2.13 bits per heavy atom. The van der Waals surface area contributed by atoms with Crippen LogP contribution in [-0.2, 0) is 14.8 Å². The van der Waals surface area contributed by atoms with Gasteiger partial charge in [-0.15, -0.1) is 6.42 Å². The first-order chi connectivity index (χ1) is 11.0. The van der Waals surface area contributed by atoms with E-state index in [4.69, 9.17) is 15.9 Å². The Bertz CT molecular complexity index is 718. The van der Waals surface area contributed by atoms with Crippen LogP contribution in [-0.4, -0.2) is 58.6 Å². The molecule has 8 heteroatoms. The Morgan fingerprint density at radius 3 is 2.74 bits per heavy atom. The van der Waals surface area contributed by atoms with Gasteiger partial charge in [0.25, 0.3) is 5.91 Å². The SMILES string of the molecule is C#CCNC(=O)c1cc(S(=O)(=O)N2CCOCC2)ccc1OC. The number of morpholine rings is 1. The summed E-state index contributed by atoms with van der Waals surface area (Å²) in [6.07, 6.45) is 5.11. The zero-order valence-electron chi connectivity index (χ0n) is 12.7. The summed E-state index contributed by atoms with van der Waals surface area (Å²) in [5.41, 5.74) is 0.122. The molecule has 0 atom stereocenters. The van der Waals surface area contributed by atoms with E-state index in [0.29, 0.717) is 13.2 Å². The molecule has 1 saturated heterocycles. The van der Waals surface area contributed by atoms with E-state index in [1.165, 1.54) is 29.6 Å². The molecule has 1 aromatic rings. The van der Waals surface area contributed by atoms with Crippen molar-refractivity contribution in [1.82, 2.24) is 9.62 Å². The molecule has 1 aliphatic heterocycles. The smallest absolute Gasteiger partial charge is 0.255 e. The van der Waals surface area contributed by atoms with E-state index in [1.54, 1.807) is 0 Å². The molecule has 1 N–H and O–H groups in total. The van der Waals surface area contributed by atoms with Crippen LogP contribution in [0.3, 0.4) is 0 Å². The van der Waals surface area contributed by atoms with Crippen LogP contribution in [0.1, 0.15) is 10.4 Å². The molecule has 7 nitrogen and oxygen atoms in total. The summed E-state index contributed by atoms with van der Waals surface area (Å²) in [4.78, 5) is 12.2. The van der Waals surface area contributed by atoms with Gasteiger partial charge in [0, 0.05) is 13.1 Å². The van der Waals surface area contributed by atoms with Crippen LogP contribution >= 0.6 is 0 Å². The van der Waals surface area contributed by atoms with Gasteiger partial charge in [-0.2, -0.15) is 4.31 Å². The van der Waals surface area contributed by atoms with Gasteiger partial charge < -0.3 is 14.8 Å². The van der Waals surface area contributed by atoms with Crippen LogP contribution in [0.25, 0.3) is 0 Å². The first-order valence-electron chi connectivity index (χ1n) is 6.98. The number of terminal acetylenes is 1. The fraction of sp³-hybridized carbons (Fsp3) is 0.400. The zero-order valence-corrected chi connectivity index (χ0v) is 13.6. The highest BCUT2D eigenvalue weighted by Crippen LogP contribution is 2.25. The molecular formula is C15H18N2O5S. The number of amides is 1. The van der Waals surface area contributed by atoms with Crippen molar-refractivity contribution in [3.63, 3.8) is 0 Å². The summed E-state index contributed by atoms with van der Waals surface area (Å²) in [5, 5.41) is 2.50. The number of methoxy groups -OCH3 is 1. The van der Waals surface area contributed by atoms with Gasteiger partial charge in [0.15, 0.2) is 0 Å². The second-order valence-electron chi connectivity index (χ2n) is 4.77. The molecule has 1 fully saturated rings. The fourth-order valence-corrected chi connectivity index (χ4v) is 3.62. The molecule has 23 heavy (non-hydrogen) atoms. The van der Waals surface area contributed by atoms with Crippen LogP contribution in [0, 0.1) is 12.3 Å². The van der Waals surface area contributed by atoms with Gasteiger partial charge in [0.1, 0.15) is 5.75 Å². The molecule has 124 valence electrons. The zero-order chi connectivity index (χ0) is 16.9. The van der Waals surface area contributed by atoms with Gasteiger partial charge in [0.05, 0.1) is 37.3 Å². The van der Waals surface area contributed by atoms with Crippen molar-refractivity contribution in [1.29, 1.82) is 0 Å². The molecule has 1 heterocycles. The third kappa shape index (κ3) is 3.82. The van der Waals surface area contributed by atoms with Crippen molar-refractivity contribution in [3.05, 3.63) is 23.8 Å². The van der Waals surface area contributed by atoms with Crippen LogP contribution in [0.15, 0.2) is 23.1 Å². The summed E-state index contributed by atoms with van der Waals surface area (Å²) in [7, 11) is -2.28. The maximum absolute atomic E-state index is 12.6. The Morgan fingerprint density at radius 1 is 1.43 bits per heavy atom. The van der Waals surface area contributed by atoms with Crippen LogP contribution in [0.5, 0.6) is 5.75 Å². The van der Waals surface area contributed by atoms with Crippen LogP contribution < -0.4 is 10.1 Å². The molecule has 0 bridgehead atoms. The van der Waals surface area contributed by atoms with Gasteiger partial charge >= 0.3 is 0 Å². The molecule has 1 amide bonds. The van der Waals surface area contributed by atoms with Crippen molar-refractivity contribution in [2.45, 2.75) is 4.90 Å². The van der Waals surface area contributed by atoms with Gasteiger partial charge in [0.2, 0.25) is 10.0 Å². The molecule has 0 aliphatic carbocycles. The monoisotopic (exact) mass is 338 g/mol. The first-order valence-corrected chi connectivity index (χ1v) is 8.42. The van der Waals surface area contributed by atoms with E-state index >= 15 is 0 Å². The molecule has 0 aromatic heterocycles. The highest BCUT2D eigenvalue weighted by Gasteiger charge is 2.27. The summed E-state index contributed by atoms with van der Waals surface area (Å²) in [5.74, 6) is 2.08. The lowest BCUT2D eigenvalue weighted by Crippen LogP contribution is -2.40. The van der Waals surface area contributed by atoms with Gasteiger partial charge in [-0.05, 0) is 18.2 Å². The third-order valence-corrected chi connectivity index (χ3v) is 5.27. The average molecular weight is 338 g/mol. The van der Waals surface area contributed by atoms with Gasteiger partial charge in [-0.3, -0.25) is 4.79 Å². The largest absolute Gasteiger partial charge is 0.496 e. The molecule has 1 aliphatic rings. The Kier molecular flexibility index (Phi) is 5.60. The number of rotatable bonds is 5. The van der Waals surface area contributed by atoms with E-state index < -0.39 is 15.9 Å². The number of carbonyl (C=O) groups is 1. The van der Waals surface area contributed by atoms with Gasteiger partial charge in [-0.25, -0.2) is 8.42 Å². The second-order valence-corrected chi connectivity index (χ2v) is 6.70. The quantitative estimate of drug-likeness (QED) is 0.769. The minimum Gasteiger partial charge on any atom is -0.496 e. The fourth-order valence-electron chi connectivity index (χ4n) is 2.19. The second kappa shape index (κ2) is 7.46. The Labute approximate surface area is 135 Å². The number of ether oxygens (including phenoxy) is 2. The molecule has 1 aromatic carbocycles. The number of benzene rings is 1. The van der Waals surface area contributed by atoms with Crippen molar-refractivity contribution in [2.75, 3.05) is 40.0 Å². The highest BCUT2D eigenvalue weighted by molar-refractivity contribution is 7.89. The lowest BCUT2D eigenvalue weighted by atomic mass is 10.2.